The van der Waals surface area contributed by atoms with Crippen molar-refractivity contribution in [2.45, 2.75) is 13.8 Å². The van der Waals surface area contributed by atoms with Gasteiger partial charge in [-0.2, -0.15) is 0 Å². The van der Waals surface area contributed by atoms with Gasteiger partial charge in [-0.15, -0.1) is 5.10 Å². The molecule has 2 aromatic carbocycles. The molecule has 0 saturated carbocycles. The molecule has 0 aliphatic heterocycles. The number of nitrogens with zero attached hydrogens (tertiary/aromatic N) is 4. The molecular formula is C16H14N4O2. The Morgan fingerprint density at radius 3 is 2.23 bits per heavy atom. The summed E-state index contributed by atoms with van der Waals surface area (Å²) >= 11 is 0. The molecule has 1 aromatic heterocycles. The van der Waals surface area contributed by atoms with Crippen molar-refractivity contribution in [3.63, 3.8) is 0 Å². The standard InChI is InChI=1S/C16H14N4O2/c1-11-3-7-14(8-4-11)19-12(2)17-16(18-19)13-5-9-15(10-6-13)20(21)22/h3-10H,1-2H3. The third-order valence-corrected chi connectivity index (χ3v) is 3.38. The van der Waals surface area contributed by atoms with Crippen LogP contribution < -0.4 is 0 Å². The van der Waals surface area contributed by atoms with Gasteiger partial charge >= 0.3 is 0 Å². The van der Waals surface area contributed by atoms with Crippen LogP contribution in [0.1, 0.15) is 11.4 Å². The minimum atomic E-state index is -0.423. The van der Waals surface area contributed by atoms with Crippen molar-refractivity contribution < 1.29 is 4.92 Å². The van der Waals surface area contributed by atoms with Crippen LogP contribution >= 0.6 is 0 Å². The van der Waals surface area contributed by atoms with Crippen LogP contribution in [0.3, 0.4) is 0 Å². The van der Waals surface area contributed by atoms with Crippen molar-refractivity contribution >= 4 is 5.69 Å². The van der Waals surface area contributed by atoms with Gasteiger partial charge in [-0.05, 0) is 38.1 Å². The first kappa shape index (κ1) is 13.9. The number of non-ortho nitro benzene ring substituents is 1. The number of nitro benzene ring substituents is 1. The van der Waals surface area contributed by atoms with Gasteiger partial charge in [0.1, 0.15) is 5.82 Å². The van der Waals surface area contributed by atoms with Gasteiger partial charge in [0.05, 0.1) is 10.6 Å². The number of rotatable bonds is 3. The SMILES string of the molecule is Cc1ccc(-n2nc(-c3ccc([N+](=O)[O-])cc3)nc2C)cc1. The maximum absolute atomic E-state index is 10.7. The molecule has 3 aromatic rings. The molecule has 0 unspecified atom stereocenters. The minimum absolute atomic E-state index is 0.0541. The van der Waals surface area contributed by atoms with E-state index in [1.54, 1.807) is 16.8 Å². The van der Waals surface area contributed by atoms with Crippen LogP contribution in [-0.4, -0.2) is 19.7 Å². The Labute approximate surface area is 127 Å². The number of aryl methyl sites for hydroxylation is 2. The molecule has 6 nitrogen and oxygen atoms in total. The highest BCUT2D eigenvalue weighted by Crippen LogP contribution is 2.21. The summed E-state index contributed by atoms with van der Waals surface area (Å²) in [4.78, 5) is 14.7. The fourth-order valence-corrected chi connectivity index (χ4v) is 2.18. The van der Waals surface area contributed by atoms with E-state index in [1.807, 2.05) is 38.1 Å². The van der Waals surface area contributed by atoms with Crippen LogP contribution in [0, 0.1) is 24.0 Å². The first-order valence-electron chi connectivity index (χ1n) is 6.80. The van der Waals surface area contributed by atoms with Crippen LogP contribution in [-0.2, 0) is 0 Å². The van der Waals surface area contributed by atoms with E-state index < -0.39 is 4.92 Å². The van der Waals surface area contributed by atoms with Gasteiger partial charge in [0.15, 0.2) is 5.82 Å². The van der Waals surface area contributed by atoms with Gasteiger partial charge in [0, 0.05) is 17.7 Å². The highest BCUT2D eigenvalue weighted by molar-refractivity contribution is 5.57. The fraction of sp³-hybridized carbons (Fsp3) is 0.125. The van der Waals surface area contributed by atoms with Gasteiger partial charge in [-0.25, -0.2) is 9.67 Å². The van der Waals surface area contributed by atoms with Crippen LogP contribution in [0.5, 0.6) is 0 Å². The average molecular weight is 294 g/mol. The Morgan fingerprint density at radius 1 is 1.00 bits per heavy atom. The van der Waals surface area contributed by atoms with Crippen molar-refractivity contribution in [3.8, 4) is 17.1 Å². The summed E-state index contributed by atoms with van der Waals surface area (Å²) in [6.07, 6.45) is 0. The van der Waals surface area contributed by atoms with Crippen LogP contribution in [0.25, 0.3) is 17.1 Å². The van der Waals surface area contributed by atoms with Crippen LogP contribution in [0.4, 0.5) is 5.69 Å². The highest BCUT2D eigenvalue weighted by Gasteiger charge is 2.11. The van der Waals surface area contributed by atoms with Gasteiger partial charge in [-0.3, -0.25) is 10.1 Å². The summed E-state index contributed by atoms with van der Waals surface area (Å²) in [7, 11) is 0. The molecule has 6 heteroatoms. The van der Waals surface area contributed by atoms with Gasteiger partial charge in [0.2, 0.25) is 0 Å². The van der Waals surface area contributed by atoms with Crippen molar-refractivity contribution in [1.82, 2.24) is 14.8 Å². The van der Waals surface area contributed by atoms with E-state index in [4.69, 9.17) is 0 Å². The minimum Gasteiger partial charge on any atom is -0.258 e. The molecule has 0 N–H and O–H groups in total. The molecule has 0 spiro atoms. The smallest absolute Gasteiger partial charge is 0.258 e. The fourth-order valence-electron chi connectivity index (χ4n) is 2.18. The van der Waals surface area contributed by atoms with E-state index >= 15 is 0 Å². The second kappa shape index (κ2) is 5.40. The molecule has 0 saturated heterocycles. The molecule has 0 amide bonds. The van der Waals surface area contributed by atoms with E-state index in [9.17, 15) is 10.1 Å². The maximum Gasteiger partial charge on any atom is 0.269 e. The van der Waals surface area contributed by atoms with Gasteiger partial charge < -0.3 is 0 Å². The molecule has 0 radical (unpaired) electrons. The lowest BCUT2D eigenvalue weighted by atomic mass is 10.2. The Bertz CT molecular complexity index is 820. The summed E-state index contributed by atoms with van der Waals surface area (Å²) in [6, 6.07) is 14.2. The molecule has 0 aliphatic carbocycles. The molecule has 3 rings (SSSR count). The second-order valence-electron chi connectivity index (χ2n) is 5.03. The second-order valence-corrected chi connectivity index (χ2v) is 5.03. The summed E-state index contributed by atoms with van der Waals surface area (Å²) in [6.45, 7) is 3.90. The number of benzene rings is 2. The lowest BCUT2D eigenvalue weighted by molar-refractivity contribution is -0.384. The van der Waals surface area contributed by atoms with Gasteiger partial charge in [-0.1, -0.05) is 17.7 Å². The number of aromatic nitrogens is 3. The molecule has 0 aliphatic rings. The summed E-state index contributed by atoms with van der Waals surface area (Å²) < 4.78 is 1.76. The third-order valence-electron chi connectivity index (χ3n) is 3.38. The number of hydrogen-bond acceptors (Lipinski definition) is 4. The van der Waals surface area contributed by atoms with E-state index in [1.165, 1.54) is 17.7 Å². The van der Waals surface area contributed by atoms with Crippen molar-refractivity contribution in [1.29, 1.82) is 0 Å². The quantitative estimate of drug-likeness (QED) is 0.547. The molecule has 22 heavy (non-hydrogen) atoms. The Hall–Kier alpha value is -3.02. The van der Waals surface area contributed by atoms with Crippen molar-refractivity contribution in [3.05, 3.63) is 70.0 Å². The average Bonchev–Trinajstić information content (AvgIpc) is 2.90. The molecule has 110 valence electrons. The zero-order valence-corrected chi connectivity index (χ0v) is 12.2. The van der Waals surface area contributed by atoms with E-state index in [-0.39, 0.29) is 5.69 Å². The van der Waals surface area contributed by atoms with E-state index in [0.717, 1.165) is 17.1 Å². The summed E-state index contributed by atoms with van der Waals surface area (Å²) in [5.74, 6) is 1.31. The van der Waals surface area contributed by atoms with E-state index in [2.05, 4.69) is 10.1 Å². The topological polar surface area (TPSA) is 73.8 Å². The molecule has 0 atom stereocenters. The monoisotopic (exact) mass is 294 g/mol. The maximum atomic E-state index is 10.7. The predicted molar refractivity (Wildman–Crippen MR) is 82.9 cm³/mol. The molecular weight excluding hydrogens is 280 g/mol. The van der Waals surface area contributed by atoms with Crippen molar-refractivity contribution in [2.24, 2.45) is 0 Å². The van der Waals surface area contributed by atoms with Crippen LogP contribution in [0.15, 0.2) is 48.5 Å². The normalized spacial score (nSPS) is 10.6. The Morgan fingerprint density at radius 2 is 1.64 bits per heavy atom. The largest absolute Gasteiger partial charge is 0.269 e. The van der Waals surface area contributed by atoms with Crippen LogP contribution in [0.2, 0.25) is 0 Å². The predicted octanol–water partition coefficient (Wildman–Crippen LogP) is 3.46. The summed E-state index contributed by atoms with van der Waals surface area (Å²) in [5.41, 5.74) is 2.92. The Balaban J connectivity index is 1.98. The highest BCUT2D eigenvalue weighted by atomic mass is 16.6. The third kappa shape index (κ3) is 2.58. The Kier molecular flexibility index (Phi) is 3.42. The molecule has 0 bridgehead atoms. The zero-order valence-electron chi connectivity index (χ0n) is 12.2. The molecule has 0 fully saturated rings. The van der Waals surface area contributed by atoms with E-state index in [0.29, 0.717) is 5.82 Å². The summed E-state index contributed by atoms with van der Waals surface area (Å²) in [5, 5.41) is 15.2. The van der Waals surface area contributed by atoms with Gasteiger partial charge in [0.25, 0.3) is 5.69 Å². The zero-order chi connectivity index (χ0) is 15.7. The van der Waals surface area contributed by atoms with Crippen molar-refractivity contribution in [2.75, 3.05) is 0 Å². The number of hydrogen-bond donors (Lipinski definition) is 0. The first-order chi connectivity index (χ1) is 10.5. The number of nitro groups is 1. The molecule has 1 heterocycles. The lowest BCUT2D eigenvalue weighted by Crippen LogP contribution is -1.98. The first-order valence-corrected chi connectivity index (χ1v) is 6.80. The lowest BCUT2D eigenvalue weighted by Gasteiger charge is -2.02.